The third kappa shape index (κ3) is 3.75. The van der Waals surface area contributed by atoms with Crippen LogP contribution in [0, 0.1) is 5.82 Å². The molecule has 146 valence electrons. The van der Waals surface area contributed by atoms with Crippen LogP contribution in [0.1, 0.15) is 26.4 Å². The summed E-state index contributed by atoms with van der Waals surface area (Å²) in [5.41, 5.74) is 3.31. The van der Waals surface area contributed by atoms with Crippen LogP contribution >= 0.6 is 0 Å². The molecule has 4 aromatic rings. The Morgan fingerprint density at radius 2 is 1.90 bits per heavy atom. The number of aromatic nitrogens is 1. The van der Waals surface area contributed by atoms with Gasteiger partial charge in [0.15, 0.2) is 5.58 Å². The van der Waals surface area contributed by atoms with Crippen molar-refractivity contribution in [1.29, 1.82) is 0 Å². The minimum absolute atomic E-state index is 0.310. The number of hydrogen-bond acceptors (Lipinski definition) is 4. The Kier molecular flexibility index (Phi) is 4.87. The molecule has 7 heteroatoms. The highest BCUT2D eigenvalue weighted by Crippen LogP contribution is 2.24. The summed E-state index contributed by atoms with van der Waals surface area (Å²) in [6.07, 6.45) is 1.54. The van der Waals surface area contributed by atoms with Crippen molar-refractivity contribution in [2.45, 2.75) is 6.54 Å². The highest BCUT2D eigenvalue weighted by atomic mass is 19.1. The lowest BCUT2D eigenvalue weighted by atomic mass is 10.2. The lowest BCUT2D eigenvalue weighted by Crippen LogP contribution is -2.17. The van der Waals surface area contributed by atoms with Gasteiger partial charge in [0.25, 0.3) is 5.91 Å². The van der Waals surface area contributed by atoms with Gasteiger partial charge < -0.3 is 19.0 Å². The minimum atomic E-state index is -0.452. The number of ether oxygens (including phenoxy) is 1. The number of methoxy groups -OCH3 is 1. The number of benzene rings is 2. The average molecular weight is 392 g/mol. The number of halogens is 1. The molecule has 0 saturated carbocycles. The van der Waals surface area contributed by atoms with E-state index in [1.165, 1.54) is 19.2 Å². The van der Waals surface area contributed by atoms with Crippen LogP contribution in [-0.2, 0) is 11.3 Å². The normalized spacial score (nSPS) is 10.8. The number of nitrogens with zero attached hydrogens (tertiary/aromatic N) is 1. The van der Waals surface area contributed by atoms with Crippen molar-refractivity contribution >= 4 is 28.7 Å². The molecule has 4 rings (SSSR count). The van der Waals surface area contributed by atoms with E-state index in [1.54, 1.807) is 59.4 Å². The number of amides is 1. The van der Waals surface area contributed by atoms with E-state index in [1.807, 2.05) is 0 Å². The van der Waals surface area contributed by atoms with Crippen molar-refractivity contribution in [3.63, 3.8) is 0 Å². The third-order valence-corrected chi connectivity index (χ3v) is 4.55. The molecule has 0 fully saturated rings. The van der Waals surface area contributed by atoms with E-state index in [9.17, 15) is 14.0 Å². The molecular formula is C22H17FN2O4. The van der Waals surface area contributed by atoms with Crippen LogP contribution in [0.15, 0.2) is 71.3 Å². The highest BCUT2D eigenvalue weighted by molar-refractivity contribution is 6.06. The summed E-state index contributed by atoms with van der Waals surface area (Å²) in [4.78, 5) is 24.4. The van der Waals surface area contributed by atoms with Gasteiger partial charge in [-0.1, -0.05) is 12.1 Å². The molecule has 0 aliphatic rings. The Bertz CT molecular complexity index is 1190. The zero-order valence-electron chi connectivity index (χ0n) is 15.5. The van der Waals surface area contributed by atoms with Crippen LogP contribution in [0.3, 0.4) is 0 Å². The maximum Gasteiger partial charge on any atom is 0.337 e. The fourth-order valence-corrected chi connectivity index (χ4v) is 3.16. The Labute approximate surface area is 165 Å². The zero-order chi connectivity index (χ0) is 20.4. The Hall–Kier alpha value is -3.87. The van der Waals surface area contributed by atoms with Gasteiger partial charge in [-0.15, -0.1) is 0 Å². The average Bonchev–Trinajstić information content (AvgIpc) is 3.31. The molecule has 0 unspecified atom stereocenters. The topological polar surface area (TPSA) is 73.5 Å². The van der Waals surface area contributed by atoms with Crippen LogP contribution in [-0.4, -0.2) is 23.6 Å². The summed E-state index contributed by atoms with van der Waals surface area (Å²) in [5, 5.41) is 2.80. The zero-order valence-corrected chi connectivity index (χ0v) is 15.5. The van der Waals surface area contributed by atoms with E-state index in [0.29, 0.717) is 29.1 Å². The first kappa shape index (κ1) is 18.5. The van der Waals surface area contributed by atoms with Crippen molar-refractivity contribution in [2.75, 3.05) is 12.4 Å². The lowest BCUT2D eigenvalue weighted by Gasteiger charge is -2.11. The number of carbonyl (C=O) groups is 2. The van der Waals surface area contributed by atoms with Gasteiger partial charge in [0.2, 0.25) is 0 Å². The third-order valence-electron chi connectivity index (χ3n) is 4.55. The summed E-state index contributed by atoms with van der Waals surface area (Å²) < 4.78 is 25.4. The van der Waals surface area contributed by atoms with Crippen molar-refractivity contribution in [2.24, 2.45) is 0 Å². The highest BCUT2D eigenvalue weighted by Gasteiger charge is 2.18. The smallest absolute Gasteiger partial charge is 0.337 e. The molecule has 0 spiro atoms. The fraction of sp³-hybridized carbons (Fsp3) is 0.0909. The van der Waals surface area contributed by atoms with Crippen molar-refractivity contribution in [3.8, 4) is 0 Å². The van der Waals surface area contributed by atoms with Gasteiger partial charge >= 0.3 is 5.97 Å². The molecule has 29 heavy (non-hydrogen) atoms. The summed E-state index contributed by atoms with van der Waals surface area (Å²) in [7, 11) is 1.31. The second-order valence-electron chi connectivity index (χ2n) is 6.44. The molecule has 0 saturated heterocycles. The number of fused-ring (bicyclic) bond motifs is 1. The Balaban J connectivity index is 1.62. The number of nitrogens with one attached hydrogen (secondary N) is 1. The number of esters is 1. The fourth-order valence-electron chi connectivity index (χ4n) is 3.16. The predicted molar refractivity (Wildman–Crippen MR) is 105 cm³/mol. The van der Waals surface area contributed by atoms with Crippen LogP contribution in [0.25, 0.3) is 11.1 Å². The molecule has 1 N–H and O–H groups in total. The molecule has 0 bridgehead atoms. The number of hydrogen-bond donors (Lipinski definition) is 1. The monoisotopic (exact) mass is 392 g/mol. The summed E-state index contributed by atoms with van der Waals surface area (Å²) in [6, 6.07) is 16.0. The van der Waals surface area contributed by atoms with Gasteiger partial charge in [-0.25, -0.2) is 9.18 Å². The van der Waals surface area contributed by atoms with Crippen LogP contribution in [0.4, 0.5) is 10.1 Å². The number of carbonyl (C=O) groups excluding carboxylic acids is 2. The molecule has 0 radical (unpaired) electrons. The van der Waals surface area contributed by atoms with Gasteiger partial charge in [-0.05, 0) is 42.0 Å². The SMILES string of the molecule is COC(=O)c1ccc(NC(=O)c2cc3occc3n2Cc2cccc(F)c2)cc1. The van der Waals surface area contributed by atoms with Gasteiger partial charge in [0.05, 0.1) is 24.5 Å². The van der Waals surface area contributed by atoms with E-state index in [4.69, 9.17) is 4.42 Å². The number of anilines is 1. The first-order chi connectivity index (χ1) is 14.0. The predicted octanol–water partition coefficient (Wildman–Crippen LogP) is 4.46. The van der Waals surface area contributed by atoms with Gasteiger partial charge in [0.1, 0.15) is 11.5 Å². The second kappa shape index (κ2) is 7.63. The first-order valence-electron chi connectivity index (χ1n) is 8.86. The molecule has 2 aromatic heterocycles. The van der Waals surface area contributed by atoms with Crippen molar-refractivity contribution in [3.05, 3.63) is 89.6 Å². The molecule has 0 aliphatic carbocycles. The van der Waals surface area contributed by atoms with Crippen LogP contribution < -0.4 is 5.32 Å². The maximum absolute atomic E-state index is 13.6. The van der Waals surface area contributed by atoms with E-state index >= 15 is 0 Å². The molecule has 2 heterocycles. The molecule has 2 aromatic carbocycles. The molecule has 0 aliphatic heterocycles. The molecule has 1 amide bonds. The standard InChI is InChI=1S/C22H17FN2O4/c1-28-22(27)15-5-7-17(8-6-15)24-21(26)19-12-20-18(9-10-29-20)25(19)13-14-3-2-4-16(23)11-14/h2-12H,13H2,1H3,(H,24,26). The number of rotatable bonds is 5. The minimum Gasteiger partial charge on any atom is -0.465 e. The summed E-state index contributed by atoms with van der Waals surface area (Å²) >= 11 is 0. The number of furan rings is 1. The molecule has 6 nitrogen and oxygen atoms in total. The summed E-state index contributed by atoms with van der Waals surface area (Å²) in [5.74, 6) is -1.14. The van der Waals surface area contributed by atoms with E-state index < -0.39 is 5.97 Å². The van der Waals surface area contributed by atoms with Crippen LogP contribution in [0.5, 0.6) is 0 Å². The van der Waals surface area contributed by atoms with E-state index in [-0.39, 0.29) is 11.7 Å². The van der Waals surface area contributed by atoms with E-state index in [2.05, 4.69) is 10.1 Å². The van der Waals surface area contributed by atoms with Gasteiger partial charge in [0, 0.05) is 24.4 Å². The van der Waals surface area contributed by atoms with Crippen LogP contribution in [0.2, 0.25) is 0 Å². The largest absolute Gasteiger partial charge is 0.465 e. The van der Waals surface area contributed by atoms with Gasteiger partial charge in [-0.2, -0.15) is 0 Å². The van der Waals surface area contributed by atoms with Crippen molar-refractivity contribution < 1.29 is 23.1 Å². The maximum atomic E-state index is 13.6. The quantitative estimate of drug-likeness (QED) is 0.509. The Morgan fingerprint density at radius 1 is 1.10 bits per heavy atom. The lowest BCUT2D eigenvalue weighted by molar-refractivity contribution is 0.0600. The second-order valence-corrected chi connectivity index (χ2v) is 6.44. The molecule has 0 atom stereocenters. The summed E-state index contributed by atoms with van der Waals surface area (Å²) in [6.45, 7) is 0.310. The van der Waals surface area contributed by atoms with E-state index in [0.717, 1.165) is 11.1 Å². The Morgan fingerprint density at radius 3 is 2.62 bits per heavy atom. The molecular weight excluding hydrogens is 375 g/mol. The first-order valence-corrected chi connectivity index (χ1v) is 8.86. The van der Waals surface area contributed by atoms with Gasteiger partial charge in [-0.3, -0.25) is 4.79 Å². The van der Waals surface area contributed by atoms with Crippen molar-refractivity contribution in [1.82, 2.24) is 4.57 Å².